The van der Waals surface area contributed by atoms with Gasteiger partial charge in [0.05, 0.1) is 0 Å². The van der Waals surface area contributed by atoms with Crippen LogP contribution < -0.4 is 11.5 Å². The van der Waals surface area contributed by atoms with Crippen LogP contribution in [-0.4, -0.2) is 30.4 Å². The highest BCUT2D eigenvalue weighted by Crippen LogP contribution is 1.90. The molecular formula is C4H9N3O2. The van der Waals surface area contributed by atoms with Gasteiger partial charge in [-0.15, -0.1) is 0 Å². The lowest BCUT2D eigenvalue weighted by Crippen LogP contribution is -2.24. The molecule has 0 saturated carbocycles. The van der Waals surface area contributed by atoms with E-state index in [1.54, 1.807) is 7.05 Å². The molecule has 0 unspecified atom stereocenters. The summed E-state index contributed by atoms with van der Waals surface area (Å²) in [6.07, 6.45) is 0. The number of likely N-dealkylation sites (N-methyl/N-ethyl adjacent to an activating group) is 1. The largest absolute Gasteiger partial charge is 0.344 e. The predicted molar refractivity (Wildman–Crippen MR) is 31.2 cm³/mol. The van der Waals surface area contributed by atoms with Crippen molar-refractivity contribution < 1.29 is 9.59 Å². The SMILES string of the molecule is CN1CC(=O)NC1=O.N. The van der Waals surface area contributed by atoms with Gasteiger partial charge in [-0.1, -0.05) is 0 Å². The van der Waals surface area contributed by atoms with E-state index in [0.29, 0.717) is 0 Å². The number of carbonyl (C=O) groups is 2. The van der Waals surface area contributed by atoms with E-state index in [1.807, 2.05) is 0 Å². The molecule has 4 N–H and O–H groups in total. The number of carbonyl (C=O) groups excluding carboxylic acids is 2. The van der Waals surface area contributed by atoms with Crippen LogP contribution >= 0.6 is 0 Å². The maximum absolute atomic E-state index is 10.4. The number of hydrogen-bond acceptors (Lipinski definition) is 3. The molecule has 1 heterocycles. The summed E-state index contributed by atoms with van der Waals surface area (Å²) in [5.41, 5.74) is 0. The molecule has 5 nitrogen and oxygen atoms in total. The van der Waals surface area contributed by atoms with Crippen LogP contribution in [0, 0.1) is 0 Å². The molecule has 0 radical (unpaired) electrons. The maximum atomic E-state index is 10.4. The standard InChI is InChI=1S/C4H6N2O2.H3N/c1-6-2-3(7)5-4(6)8;/h2H2,1H3,(H,5,7,8);1H3. The first-order valence-corrected chi connectivity index (χ1v) is 2.25. The zero-order valence-electron chi connectivity index (χ0n) is 5.18. The second-order valence-corrected chi connectivity index (χ2v) is 1.71. The number of nitrogens with one attached hydrogen (secondary N) is 1. The van der Waals surface area contributed by atoms with E-state index < -0.39 is 0 Å². The molecule has 0 aromatic heterocycles. The highest BCUT2D eigenvalue weighted by Gasteiger charge is 2.21. The Hall–Kier alpha value is -1.10. The molecule has 0 aliphatic carbocycles. The molecule has 1 rings (SSSR count). The van der Waals surface area contributed by atoms with Gasteiger partial charge in [-0.2, -0.15) is 0 Å². The third-order valence-corrected chi connectivity index (χ3v) is 0.974. The first-order chi connectivity index (χ1) is 3.70. The second-order valence-electron chi connectivity index (χ2n) is 1.71. The van der Waals surface area contributed by atoms with Gasteiger partial charge in [-0.25, -0.2) is 4.79 Å². The van der Waals surface area contributed by atoms with Crippen molar-refractivity contribution >= 4 is 11.9 Å². The molecule has 0 aromatic carbocycles. The molecule has 0 aromatic rings. The normalized spacial score (nSPS) is 17.2. The highest BCUT2D eigenvalue weighted by atomic mass is 16.2. The molecule has 3 amide bonds. The van der Waals surface area contributed by atoms with E-state index in [4.69, 9.17) is 0 Å². The fraction of sp³-hybridized carbons (Fsp3) is 0.500. The first kappa shape index (κ1) is 7.90. The number of nitrogens with zero attached hydrogens (tertiary/aromatic N) is 1. The van der Waals surface area contributed by atoms with Crippen molar-refractivity contribution in [3.8, 4) is 0 Å². The van der Waals surface area contributed by atoms with E-state index >= 15 is 0 Å². The van der Waals surface area contributed by atoms with Gasteiger partial charge in [0.1, 0.15) is 6.54 Å². The Morgan fingerprint density at radius 3 is 2.22 bits per heavy atom. The van der Waals surface area contributed by atoms with Crippen LogP contribution in [0.3, 0.4) is 0 Å². The quantitative estimate of drug-likeness (QED) is 0.427. The summed E-state index contributed by atoms with van der Waals surface area (Å²) in [6.45, 7) is 0.193. The van der Waals surface area contributed by atoms with Gasteiger partial charge < -0.3 is 11.1 Å². The number of rotatable bonds is 0. The number of amides is 3. The van der Waals surface area contributed by atoms with Crippen LogP contribution in [0.5, 0.6) is 0 Å². The number of imide groups is 1. The fourth-order valence-electron chi connectivity index (χ4n) is 0.541. The third-order valence-electron chi connectivity index (χ3n) is 0.974. The minimum atomic E-state index is -0.310. The molecule has 1 fully saturated rings. The van der Waals surface area contributed by atoms with Crippen LogP contribution in [0.1, 0.15) is 0 Å². The monoisotopic (exact) mass is 131 g/mol. The smallest absolute Gasteiger partial charge is 0.324 e. The van der Waals surface area contributed by atoms with Crippen molar-refractivity contribution in [3.05, 3.63) is 0 Å². The average molecular weight is 131 g/mol. The van der Waals surface area contributed by atoms with Gasteiger partial charge in [0.2, 0.25) is 5.91 Å². The summed E-state index contributed by atoms with van der Waals surface area (Å²) in [5, 5.41) is 2.11. The summed E-state index contributed by atoms with van der Waals surface area (Å²) >= 11 is 0. The first-order valence-electron chi connectivity index (χ1n) is 2.25. The molecule has 9 heavy (non-hydrogen) atoms. The van der Waals surface area contributed by atoms with E-state index in [2.05, 4.69) is 5.32 Å². The number of hydrogen-bond donors (Lipinski definition) is 2. The molecule has 0 atom stereocenters. The minimum absolute atomic E-state index is 0. The summed E-state index contributed by atoms with van der Waals surface area (Å²) in [4.78, 5) is 22.0. The van der Waals surface area contributed by atoms with Gasteiger partial charge in [0, 0.05) is 7.05 Å². The molecule has 5 heteroatoms. The summed E-state index contributed by atoms with van der Waals surface area (Å²) in [6, 6.07) is -0.310. The van der Waals surface area contributed by atoms with Crippen LogP contribution in [0.2, 0.25) is 0 Å². The van der Waals surface area contributed by atoms with Crippen LogP contribution in [0.15, 0.2) is 0 Å². The lowest BCUT2D eigenvalue weighted by molar-refractivity contribution is -0.118. The Morgan fingerprint density at radius 2 is 2.11 bits per heavy atom. The van der Waals surface area contributed by atoms with Gasteiger partial charge in [0.25, 0.3) is 0 Å². The van der Waals surface area contributed by atoms with Crippen molar-refractivity contribution in [2.45, 2.75) is 0 Å². The zero-order valence-corrected chi connectivity index (χ0v) is 5.18. The van der Waals surface area contributed by atoms with Crippen molar-refractivity contribution in [1.29, 1.82) is 0 Å². The van der Waals surface area contributed by atoms with Crippen LogP contribution in [0.25, 0.3) is 0 Å². The zero-order chi connectivity index (χ0) is 6.15. The van der Waals surface area contributed by atoms with Crippen molar-refractivity contribution in [3.63, 3.8) is 0 Å². The minimum Gasteiger partial charge on any atom is -0.344 e. The Balaban J connectivity index is 0.000000640. The topological polar surface area (TPSA) is 84.4 Å². The molecular weight excluding hydrogens is 122 g/mol. The van der Waals surface area contributed by atoms with Gasteiger partial charge in [-0.3, -0.25) is 10.1 Å². The Morgan fingerprint density at radius 1 is 1.56 bits per heavy atom. The van der Waals surface area contributed by atoms with E-state index in [0.717, 1.165) is 0 Å². The predicted octanol–water partition coefficient (Wildman–Crippen LogP) is -0.670. The van der Waals surface area contributed by atoms with Gasteiger partial charge in [0.15, 0.2) is 0 Å². The van der Waals surface area contributed by atoms with Crippen molar-refractivity contribution in [2.75, 3.05) is 13.6 Å². The lowest BCUT2D eigenvalue weighted by Gasteiger charge is -1.99. The van der Waals surface area contributed by atoms with Crippen molar-refractivity contribution in [2.24, 2.45) is 0 Å². The van der Waals surface area contributed by atoms with Crippen LogP contribution in [-0.2, 0) is 4.79 Å². The molecule has 0 bridgehead atoms. The fourth-order valence-corrected chi connectivity index (χ4v) is 0.541. The van der Waals surface area contributed by atoms with E-state index in [1.165, 1.54) is 4.90 Å². The Bertz CT molecular complexity index is 145. The van der Waals surface area contributed by atoms with Crippen molar-refractivity contribution in [1.82, 2.24) is 16.4 Å². The van der Waals surface area contributed by atoms with Crippen LogP contribution in [0.4, 0.5) is 4.79 Å². The Labute approximate surface area is 52.6 Å². The molecule has 1 saturated heterocycles. The molecule has 1 aliphatic heterocycles. The molecule has 1 aliphatic rings. The third kappa shape index (κ3) is 1.39. The summed E-state index contributed by atoms with van der Waals surface area (Å²) in [5.74, 6) is -0.225. The summed E-state index contributed by atoms with van der Waals surface area (Å²) < 4.78 is 0. The number of urea groups is 1. The Kier molecular flexibility index (Phi) is 2.15. The second kappa shape index (κ2) is 2.45. The lowest BCUT2D eigenvalue weighted by atomic mass is 10.6. The van der Waals surface area contributed by atoms with E-state index in [-0.39, 0.29) is 24.6 Å². The van der Waals surface area contributed by atoms with Gasteiger partial charge >= 0.3 is 6.03 Å². The highest BCUT2D eigenvalue weighted by molar-refractivity contribution is 6.01. The van der Waals surface area contributed by atoms with Gasteiger partial charge in [-0.05, 0) is 0 Å². The summed E-state index contributed by atoms with van der Waals surface area (Å²) in [7, 11) is 1.57. The molecule has 0 spiro atoms. The maximum Gasteiger partial charge on any atom is 0.324 e. The van der Waals surface area contributed by atoms with E-state index in [9.17, 15) is 9.59 Å². The molecule has 52 valence electrons. The average Bonchev–Trinajstić information content (AvgIpc) is 1.85.